The number of alkyl halides is 2. The number of nitrogens with one attached hydrogen (secondary N) is 1. The van der Waals surface area contributed by atoms with E-state index >= 15 is 0 Å². The van der Waals surface area contributed by atoms with Gasteiger partial charge in [-0.25, -0.2) is 0 Å². The van der Waals surface area contributed by atoms with Crippen LogP contribution >= 0.6 is 0 Å². The van der Waals surface area contributed by atoms with Crippen molar-refractivity contribution in [3.05, 3.63) is 60.2 Å². The Kier molecular flexibility index (Phi) is 5.91. The minimum Gasteiger partial charge on any atom is -0.481 e. The van der Waals surface area contributed by atoms with E-state index in [0.29, 0.717) is 11.3 Å². The Bertz CT molecular complexity index is 635. The van der Waals surface area contributed by atoms with Gasteiger partial charge in [-0.1, -0.05) is 36.4 Å². The Morgan fingerprint density at radius 2 is 1.70 bits per heavy atom. The zero-order valence-electron chi connectivity index (χ0n) is 12.5. The lowest BCUT2D eigenvalue weighted by Crippen LogP contribution is -2.36. The molecule has 2 aromatic carbocycles. The lowest BCUT2D eigenvalue weighted by atomic mass is 10.2. The predicted molar refractivity (Wildman–Crippen MR) is 81.5 cm³/mol. The van der Waals surface area contributed by atoms with Crippen LogP contribution in [0.15, 0.2) is 54.6 Å². The summed E-state index contributed by atoms with van der Waals surface area (Å²) in [5, 5.41) is 2.64. The van der Waals surface area contributed by atoms with Gasteiger partial charge in [-0.2, -0.15) is 8.78 Å². The van der Waals surface area contributed by atoms with Crippen molar-refractivity contribution in [2.24, 2.45) is 0 Å². The molecule has 0 fully saturated rings. The lowest BCUT2D eigenvalue weighted by molar-refractivity contribution is -0.127. The maximum absolute atomic E-state index is 12.3. The largest absolute Gasteiger partial charge is 0.481 e. The second-order valence-corrected chi connectivity index (χ2v) is 4.78. The van der Waals surface area contributed by atoms with Gasteiger partial charge in [0.1, 0.15) is 11.5 Å². The molecule has 2 aromatic rings. The summed E-state index contributed by atoms with van der Waals surface area (Å²) in [6.45, 7) is -1.22. The molecule has 0 bridgehead atoms. The van der Waals surface area contributed by atoms with Gasteiger partial charge in [0.25, 0.3) is 5.91 Å². The second-order valence-electron chi connectivity index (χ2n) is 4.78. The molecule has 6 heteroatoms. The average Bonchev–Trinajstić information content (AvgIpc) is 2.54. The molecule has 1 atom stereocenters. The van der Waals surface area contributed by atoms with Crippen molar-refractivity contribution in [2.45, 2.75) is 26.2 Å². The number of amides is 1. The van der Waals surface area contributed by atoms with Crippen molar-refractivity contribution < 1.29 is 23.0 Å². The smallest absolute Gasteiger partial charge is 0.387 e. The first kappa shape index (κ1) is 16.7. The van der Waals surface area contributed by atoms with Crippen LogP contribution in [0.4, 0.5) is 8.78 Å². The number of ether oxygens (including phenoxy) is 2. The molecule has 0 saturated carbocycles. The molecule has 4 nitrogen and oxygen atoms in total. The Balaban J connectivity index is 1.91. The van der Waals surface area contributed by atoms with Crippen LogP contribution in [0.2, 0.25) is 0 Å². The van der Waals surface area contributed by atoms with Gasteiger partial charge in [0, 0.05) is 12.1 Å². The standard InChI is InChI=1S/C17H17F2NO3/c1-12(22-14-8-3-2-4-9-14)16(21)20-11-13-7-5-6-10-15(13)23-17(18)19/h2-10,12,17H,11H2,1H3,(H,20,21). The number of benzene rings is 2. The van der Waals surface area contributed by atoms with Gasteiger partial charge in [0.2, 0.25) is 0 Å². The van der Waals surface area contributed by atoms with Crippen LogP contribution in [-0.4, -0.2) is 18.6 Å². The van der Waals surface area contributed by atoms with Crippen LogP contribution in [0, 0.1) is 0 Å². The third kappa shape index (κ3) is 5.25. The normalized spacial score (nSPS) is 11.8. The summed E-state index contributed by atoms with van der Waals surface area (Å²) in [6.07, 6.45) is -0.708. The molecule has 122 valence electrons. The highest BCUT2D eigenvalue weighted by Gasteiger charge is 2.15. The third-order valence-corrected chi connectivity index (χ3v) is 3.07. The summed E-state index contributed by atoms with van der Waals surface area (Å²) in [6, 6.07) is 15.3. The van der Waals surface area contributed by atoms with Crippen LogP contribution in [0.1, 0.15) is 12.5 Å². The highest BCUT2D eigenvalue weighted by molar-refractivity contribution is 5.80. The zero-order valence-corrected chi connectivity index (χ0v) is 12.5. The van der Waals surface area contributed by atoms with E-state index in [9.17, 15) is 13.6 Å². The SMILES string of the molecule is CC(Oc1ccccc1)C(=O)NCc1ccccc1OC(F)F. The average molecular weight is 321 g/mol. The molecular formula is C17H17F2NO3. The molecule has 1 unspecified atom stereocenters. The predicted octanol–water partition coefficient (Wildman–Crippen LogP) is 3.37. The van der Waals surface area contributed by atoms with Gasteiger partial charge in [-0.15, -0.1) is 0 Å². The number of carbonyl (C=O) groups excluding carboxylic acids is 1. The van der Waals surface area contributed by atoms with Crippen molar-refractivity contribution >= 4 is 5.91 Å². The Morgan fingerprint density at radius 1 is 1.04 bits per heavy atom. The minimum absolute atomic E-state index is 0.0411. The van der Waals surface area contributed by atoms with Gasteiger partial charge in [0.15, 0.2) is 6.10 Å². The highest BCUT2D eigenvalue weighted by atomic mass is 19.3. The Morgan fingerprint density at radius 3 is 2.39 bits per heavy atom. The van der Waals surface area contributed by atoms with E-state index in [4.69, 9.17) is 4.74 Å². The molecule has 0 spiro atoms. The minimum atomic E-state index is -2.91. The molecule has 2 rings (SSSR count). The van der Waals surface area contributed by atoms with Gasteiger partial charge in [-0.05, 0) is 25.1 Å². The van der Waals surface area contributed by atoms with E-state index in [0.717, 1.165) is 0 Å². The van der Waals surface area contributed by atoms with Crippen LogP contribution in [0.25, 0.3) is 0 Å². The monoisotopic (exact) mass is 321 g/mol. The van der Waals surface area contributed by atoms with Gasteiger partial charge in [-0.3, -0.25) is 4.79 Å². The van der Waals surface area contributed by atoms with E-state index in [1.165, 1.54) is 6.07 Å². The molecular weight excluding hydrogens is 304 g/mol. The molecule has 0 saturated heterocycles. The summed E-state index contributed by atoms with van der Waals surface area (Å²) in [5.74, 6) is 0.275. The summed E-state index contributed by atoms with van der Waals surface area (Å²) in [5.41, 5.74) is 0.466. The first-order valence-corrected chi connectivity index (χ1v) is 7.08. The second kappa shape index (κ2) is 8.12. The van der Waals surface area contributed by atoms with E-state index in [2.05, 4.69) is 10.1 Å². The molecule has 0 aromatic heterocycles. The number of rotatable bonds is 7. The van der Waals surface area contributed by atoms with Gasteiger partial charge >= 0.3 is 6.61 Å². The van der Waals surface area contributed by atoms with Crippen molar-refractivity contribution in [1.29, 1.82) is 0 Å². The maximum Gasteiger partial charge on any atom is 0.387 e. The fourth-order valence-corrected chi connectivity index (χ4v) is 1.94. The van der Waals surface area contributed by atoms with Crippen molar-refractivity contribution in [3.8, 4) is 11.5 Å². The van der Waals surface area contributed by atoms with Gasteiger partial charge in [0.05, 0.1) is 0 Å². The zero-order chi connectivity index (χ0) is 16.7. The van der Waals surface area contributed by atoms with Crippen LogP contribution in [0.3, 0.4) is 0 Å². The topological polar surface area (TPSA) is 47.6 Å². The molecule has 0 aliphatic carbocycles. The number of halogens is 2. The van der Waals surface area contributed by atoms with E-state index in [-0.39, 0.29) is 18.2 Å². The maximum atomic E-state index is 12.3. The molecule has 1 N–H and O–H groups in total. The van der Waals surface area contributed by atoms with Crippen molar-refractivity contribution in [1.82, 2.24) is 5.32 Å². The van der Waals surface area contributed by atoms with Crippen molar-refractivity contribution in [3.63, 3.8) is 0 Å². The molecule has 0 aliphatic heterocycles. The fraction of sp³-hybridized carbons (Fsp3) is 0.235. The number of carbonyl (C=O) groups is 1. The van der Waals surface area contributed by atoms with Crippen LogP contribution < -0.4 is 14.8 Å². The molecule has 0 heterocycles. The first-order chi connectivity index (χ1) is 11.1. The fourth-order valence-electron chi connectivity index (χ4n) is 1.94. The molecule has 0 aliphatic rings. The molecule has 0 radical (unpaired) electrons. The molecule has 23 heavy (non-hydrogen) atoms. The third-order valence-electron chi connectivity index (χ3n) is 3.07. The summed E-state index contributed by atoms with van der Waals surface area (Å²) in [7, 11) is 0. The number of hydrogen-bond donors (Lipinski definition) is 1. The van der Waals surface area contributed by atoms with E-state index < -0.39 is 12.7 Å². The van der Waals surface area contributed by atoms with Gasteiger partial charge < -0.3 is 14.8 Å². The van der Waals surface area contributed by atoms with Crippen LogP contribution in [-0.2, 0) is 11.3 Å². The summed E-state index contributed by atoms with van der Waals surface area (Å²) < 4.78 is 34.6. The quantitative estimate of drug-likeness (QED) is 0.850. The van der Waals surface area contributed by atoms with Crippen molar-refractivity contribution in [2.75, 3.05) is 0 Å². The summed E-state index contributed by atoms with van der Waals surface area (Å²) >= 11 is 0. The lowest BCUT2D eigenvalue weighted by Gasteiger charge is -2.16. The first-order valence-electron chi connectivity index (χ1n) is 7.08. The molecule has 1 amide bonds. The highest BCUT2D eigenvalue weighted by Crippen LogP contribution is 2.20. The Labute approximate surface area is 133 Å². The number of hydrogen-bond acceptors (Lipinski definition) is 3. The van der Waals surface area contributed by atoms with Crippen LogP contribution in [0.5, 0.6) is 11.5 Å². The number of para-hydroxylation sites is 2. The van der Waals surface area contributed by atoms with E-state index in [1.807, 2.05) is 6.07 Å². The summed E-state index contributed by atoms with van der Waals surface area (Å²) in [4.78, 5) is 12.0. The Hall–Kier alpha value is -2.63. The van der Waals surface area contributed by atoms with E-state index in [1.54, 1.807) is 49.4 Å².